The van der Waals surface area contributed by atoms with Crippen LogP contribution in [0.5, 0.6) is 0 Å². The number of carboxylic acid groups (broad SMARTS) is 1. The number of hydrogen-bond donors (Lipinski definition) is 2. The third kappa shape index (κ3) is 2.41. The van der Waals surface area contributed by atoms with E-state index in [4.69, 9.17) is 5.73 Å². The highest BCUT2D eigenvalue weighted by Crippen LogP contribution is 2.45. The fraction of sp³-hybridized carbons (Fsp3) is 0.400. The lowest BCUT2D eigenvalue weighted by atomic mass is 10.0. The quantitative estimate of drug-likeness (QED) is 0.848. The lowest BCUT2D eigenvalue weighted by Crippen LogP contribution is -2.32. The monoisotopic (exact) mass is 369 g/mol. The third-order valence-electron chi connectivity index (χ3n) is 5.92. The Kier molecular flexibility index (Phi) is 3.46. The van der Waals surface area contributed by atoms with Crippen LogP contribution in [0.2, 0.25) is 0 Å². The van der Waals surface area contributed by atoms with E-state index in [1.54, 1.807) is 0 Å². The van der Waals surface area contributed by atoms with Gasteiger partial charge in [0, 0.05) is 24.2 Å². The molecule has 1 aliphatic carbocycles. The lowest BCUT2D eigenvalue weighted by Gasteiger charge is -2.27. The number of nitrogens with two attached hydrogens (primary N) is 1. The SMILES string of the molecule is NC1CC2CC=Cc3c(c(F)cn4c(=O)c(C(=O)O)cc(C5CC5)c34)N2C1. The molecule has 6 nitrogen and oxygen atoms in total. The third-order valence-corrected chi connectivity index (χ3v) is 5.92. The molecule has 2 aromatic rings. The number of hydrogen-bond acceptors (Lipinski definition) is 4. The zero-order valence-electron chi connectivity index (χ0n) is 14.7. The number of aromatic carboxylic acids is 1. The summed E-state index contributed by atoms with van der Waals surface area (Å²) in [7, 11) is 0. The normalized spacial score (nSPS) is 24.0. The first kappa shape index (κ1) is 16.5. The van der Waals surface area contributed by atoms with Crippen molar-refractivity contribution in [1.29, 1.82) is 0 Å². The van der Waals surface area contributed by atoms with Gasteiger partial charge in [0.1, 0.15) is 5.56 Å². The first-order chi connectivity index (χ1) is 13.0. The van der Waals surface area contributed by atoms with Crippen molar-refractivity contribution in [2.75, 3.05) is 11.4 Å². The van der Waals surface area contributed by atoms with Gasteiger partial charge in [-0.25, -0.2) is 9.18 Å². The maximum atomic E-state index is 15.2. The summed E-state index contributed by atoms with van der Waals surface area (Å²) < 4.78 is 16.4. The Bertz CT molecular complexity index is 1070. The Balaban J connectivity index is 1.88. The molecule has 5 rings (SSSR count). The Labute approximate surface area is 154 Å². The molecule has 27 heavy (non-hydrogen) atoms. The number of aromatic nitrogens is 1. The van der Waals surface area contributed by atoms with E-state index >= 15 is 4.39 Å². The predicted octanol–water partition coefficient (Wildman–Crippen LogP) is 2.34. The van der Waals surface area contributed by atoms with Gasteiger partial charge >= 0.3 is 5.97 Å². The van der Waals surface area contributed by atoms with Crippen LogP contribution in [0.15, 0.2) is 23.1 Å². The van der Waals surface area contributed by atoms with Gasteiger partial charge in [-0.3, -0.25) is 9.20 Å². The van der Waals surface area contributed by atoms with Crippen LogP contribution in [0, 0.1) is 5.82 Å². The van der Waals surface area contributed by atoms with E-state index in [0.29, 0.717) is 23.3 Å². The molecule has 1 saturated heterocycles. The summed E-state index contributed by atoms with van der Waals surface area (Å²) in [4.78, 5) is 26.3. The summed E-state index contributed by atoms with van der Waals surface area (Å²) in [5.74, 6) is -1.59. The minimum Gasteiger partial charge on any atom is -0.477 e. The highest BCUT2D eigenvalue weighted by molar-refractivity contribution is 5.91. The van der Waals surface area contributed by atoms with Crippen molar-refractivity contribution < 1.29 is 14.3 Å². The number of carbonyl (C=O) groups is 1. The molecule has 2 fully saturated rings. The van der Waals surface area contributed by atoms with Gasteiger partial charge in [0.25, 0.3) is 5.56 Å². The number of fused-ring (bicyclic) bond motifs is 5. The maximum absolute atomic E-state index is 15.2. The van der Waals surface area contributed by atoms with E-state index in [-0.39, 0.29) is 23.6 Å². The van der Waals surface area contributed by atoms with Crippen LogP contribution >= 0.6 is 0 Å². The van der Waals surface area contributed by atoms with Crippen molar-refractivity contribution in [3.05, 3.63) is 51.2 Å². The van der Waals surface area contributed by atoms with E-state index in [1.165, 1.54) is 10.5 Å². The first-order valence-corrected chi connectivity index (χ1v) is 9.29. The average molecular weight is 369 g/mol. The molecule has 7 heteroatoms. The number of carboxylic acids is 1. The molecule has 2 unspecified atom stereocenters. The molecule has 2 aromatic heterocycles. The molecule has 2 aliphatic heterocycles. The van der Waals surface area contributed by atoms with Crippen LogP contribution in [0.25, 0.3) is 11.6 Å². The fourth-order valence-corrected chi connectivity index (χ4v) is 4.58. The molecule has 3 aliphatic rings. The summed E-state index contributed by atoms with van der Waals surface area (Å²) in [6, 6.07) is 1.62. The van der Waals surface area contributed by atoms with Crippen LogP contribution in [0.1, 0.15) is 53.1 Å². The molecule has 0 amide bonds. The van der Waals surface area contributed by atoms with Gasteiger partial charge < -0.3 is 15.7 Å². The number of nitrogens with zero attached hydrogens (tertiary/aromatic N) is 2. The second kappa shape index (κ2) is 5.66. The molecule has 140 valence electrons. The lowest BCUT2D eigenvalue weighted by molar-refractivity contribution is 0.0694. The van der Waals surface area contributed by atoms with Crippen LogP contribution < -0.4 is 16.2 Å². The van der Waals surface area contributed by atoms with Crippen molar-refractivity contribution >= 4 is 23.2 Å². The van der Waals surface area contributed by atoms with Crippen LogP contribution in [0.4, 0.5) is 10.1 Å². The van der Waals surface area contributed by atoms with Crippen LogP contribution in [-0.2, 0) is 0 Å². The molecule has 0 aromatic carbocycles. The number of pyridine rings is 2. The van der Waals surface area contributed by atoms with Gasteiger partial charge in [0.15, 0.2) is 5.82 Å². The zero-order valence-corrected chi connectivity index (χ0v) is 14.7. The molecule has 2 atom stereocenters. The van der Waals surface area contributed by atoms with Crippen molar-refractivity contribution in [2.24, 2.45) is 5.73 Å². The Morgan fingerprint density at radius 1 is 1.33 bits per heavy atom. The zero-order chi connectivity index (χ0) is 18.9. The van der Waals surface area contributed by atoms with E-state index in [9.17, 15) is 14.7 Å². The smallest absolute Gasteiger partial charge is 0.341 e. The largest absolute Gasteiger partial charge is 0.477 e. The van der Waals surface area contributed by atoms with Gasteiger partial charge in [0.05, 0.1) is 17.4 Å². The van der Waals surface area contributed by atoms with E-state index in [0.717, 1.165) is 37.4 Å². The number of rotatable bonds is 2. The molecule has 1 saturated carbocycles. The Morgan fingerprint density at radius 2 is 2.11 bits per heavy atom. The standard InChI is InChI=1S/C20H20FN3O3/c21-16-9-24-17(14(10-4-5-10)7-15(19(24)25)20(26)27)13-3-1-2-12-6-11(22)8-23(12)18(13)16/h1,3,7,9-12H,2,4-6,8,22H2,(H,26,27). The highest BCUT2D eigenvalue weighted by atomic mass is 19.1. The minimum absolute atomic E-state index is 0.00976. The second-order valence-corrected chi connectivity index (χ2v) is 7.80. The van der Waals surface area contributed by atoms with Crippen molar-refractivity contribution in [3.63, 3.8) is 0 Å². The summed E-state index contributed by atoms with van der Waals surface area (Å²) in [6.07, 6.45) is 8.49. The van der Waals surface area contributed by atoms with Gasteiger partial charge in [-0.2, -0.15) is 0 Å². The van der Waals surface area contributed by atoms with E-state index < -0.39 is 17.3 Å². The first-order valence-electron chi connectivity index (χ1n) is 9.29. The van der Waals surface area contributed by atoms with Crippen LogP contribution in [0.3, 0.4) is 0 Å². The van der Waals surface area contributed by atoms with Gasteiger partial charge in [-0.1, -0.05) is 12.2 Å². The summed E-state index contributed by atoms with van der Waals surface area (Å²) in [5, 5.41) is 9.41. The second-order valence-electron chi connectivity index (χ2n) is 7.80. The fourth-order valence-electron chi connectivity index (χ4n) is 4.58. The number of anilines is 1. The van der Waals surface area contributed by atoms with Crippen molar-refractivity contribution in [3.8, 4) is 0 Å². The van der Waals surface area contributed by atoms with Gasteiger partial charge in [-0.05, 0) is 43.2 Å². The van der Waals surface area contributed by atoms with Gasteiger partial charge in [-0.15, -0.1) is 0 Å². The summed E-state index contributed by atoms with van der Waals surface area (Å²) in [6.45, 7) is 0.572. The van der Waals surface area contributed by atoms with Crippen LogP contribution in [-0.4, -0.2) is 34.1 Å². The molecule has 0 bridgehead atoms. The van der Waals surface area contributed by atoms with E-state index in [1.807, 2.05) is 17.1 Å². The molecular formula is C20H20FN3O3. The maximum Gasteiger partial charge on any atom is 0.341 e. The predicted molar refractivity (Wildman–Crippen MR) is 99.9 cm³/mol. The minimum atomic E-state index is -1.28. The topological polar surface area (TPSA) is 88.0 Å². The molecule has 4 heterocycles. The van der Waals surface area contributed by atoms with Crippen molar-refractivity contribution in [1.82, 2.24) is 4.40 Å². The molecule has 0 spiro atoms. The Morgan fingerprint density at radius 3 is 2.81 bits per heavy atom. The van der Waals surface area contributed by atoms with E-state index in [2.05, 4.69) is 0 Å². The number of halogens is 1. The molecule has 0 radical (unpaired) electrons. The average Bonchev–Trinajstić information content (AvgIpc) is 3.40. The summed E-state index contributed by atoms with van der Waals surface area (Å²) in [5.41, 5.74) is 7.69. The highest BCUT2D eigenvalue weighted by Gasteiger charge is 2.36. The molecular weight excluding hydrogens is 349 g/mol. The Hall–Kier alpha value is -2.67. The summed E-state index contributed by atoms with van der Waals surface area (Å²) >= 11 is 0. The molecule has 3 N–H and O–H groups in total. The van der Waals surface area contributed by atoms with Gasteiger partial charge in [0.2, 0.25) is 0 Å². The van der Waals surface area contributed by atoms with Crippen molar-refractivity contribution in [2.45, 2.75) is 43.7 Å².